The quantitative estimate of drug-likeness (QED) is 0.360. The van der Waals surface area contributed by atoms with Crippen molar-refractivity contribution in [1.29, 1.82) is 0 Å². The van der Waals surface area contributed by atoms with Crippen molar-refractivity contribution in [2.24, 2.45) is 0 Å². The molecule has 1 aromatic rings. The molecule has 2 aliphatic heterocycles. The monoisotopic (exact) mass is 343 g/mol. The molecule has 10 heteroatoms. The molecule has 0 spiro atoms. The molecular weight excluding hydrogens is 326 g/mol. The van der Waals surface area contributed by atoms with Gasteiger partial charge in [0.15, 0.2) is 6.29 Å². The molecule has 3 rings (SSSR count). The van der Waals surface area contributed by atoms with E-state index in [-0.39, 0.29) is 17.2 Å². The number of phenols is 1. The lowest BCUT2D eigenvalue weighted by Gasteiger charge is -2.40. The fourth-order valence-electron chi connectivity index (χ4n) is 2.47. The molecule has 1 fully saturated rings. The van der Waals surface area contributed by atoms with Gasteiger partial charge in [0.05, 0.1) is 12.3 Å². The van der Waals surface area contributed by atoms with E-state index in [4.69, 9.17) is 19.3 Å². The molecule has 1 saturated heterocycles. The highest BCUT2D eigenvalue weighted by molar-refractivity contribution is 5.97. The van der Waals surface area contributed by atoms with Gasteiger partial charge < -0.3 is 45.1 Å². The summed E-state index contributed by atoms with van der Waals surface area (Å²) >= 11 is 0. The number of nitrogens with one attached hydrogen (secondary N) is 1. The normalized spacial score (nSPS) is 35.8. The van der Waals surface area contributed by atoms with Gasteiger partial charge >= 0.3 is 0 Å². The summed E-state index contributed by atoms with van der Waals surface area (Å²) in [5.74, 6) is -0.557. The van der Waals surface area contributed by atoms with Gasteiger partial charge in [-0.15, -0.1) is 0 Å². The van der Waals surface area contributed by atoms with E-state index in [1.54, 1.807) is 0 Å². The molecule has 1 aromatic carbocycles. The third-order valence-corrected chi connectivity index (χ3v) is 3.78. The molecule has 132 valence electrons. The molecule has 0 bridgehead atoms. The average Bonchev–Trinajstić information content (AvgIpc) is 2.56. The number of carbonyl (C=O) groups excluding carboxylic acids is 1. The number of phenolic OH excluding ortho intramolecular Hbond substituents is 1. The fourth-order valence-corrected chi connectivity index (χ4v) is 2.47. The zero-order chi connectivity index (χ0) is 17.4. The molecule has 1 amide bonds. The molecule has 0 aromatic heterocycles. The third kappa shape index (κ3) is 3.02. The summed E-state index contributed by atoms with van der Waals surface area (Å²) in [6.07, 6.45) is -8.98. The second kappa shape index (κ2) is 6.51. The molecular formula is C14H17NO9. The van der Waals surface area contributed by atoms with Crippen LogP contribution in [0.1, 0.15) is 0 Å². The molecule has 2 heterocycles. The molecule has 0 unspecified atom stereocenters. The van der Waals surface area contributed by atoms with Crippen molar-refractivity contribution in [2.45, 2.75) is 37.0 Å². The van der Waals surface area contributed by atoms with Crippen LogP contribution >= 0.6 is 0 Å². The minimum atomic E-state index is -1.65. The summed E-state index contributed by atoms with van der Waals surface area (Å²) < 4.78 is 15.7. The van der Waals surface area contributed by atoms with Gasteiger partial charge in [-0.2, -0.15) is 0 Å². The zero-order valence-electron chi connectivity index (χ0n) is 12.3. The Labute approximate surface area is 135 Å². The van der Waals surface area contributed by atoms with Gasteiger partial charge in [0.25, 0.3) is 12.2 Å². The maximum absolute atomic E-state index is 12.0. The first-order chi connectivity index (χ1) is 11.4. The van der Waals surface area contributed by atoms with E-state index in [1.807, 2.05) is 0 Å². The lowest BCUT2D eigenvalue weighted by molar-refractivity contribution is -0.322. The predicted molar refractivity (Wildman–Crippen MR) is 76.0 cm³/mol. The molecule has 6 N–H and O–H groups in total. The number of benzene rings is 1. The SMILES string of the molecule is O=C1Nc2cc(O)ccc2O[C@H]1O[C@@H]1O[C@H](CO)[C@@H](O)[C@H](O)[C@H]1O. The van der Waals surface area contributed by atoms with Crippen molar-refractivity contribution in [3.8, 4) is 11.5 Å². The number of aromatic hydroxyl groups is 1. The number of anilines is 1. The minimum Gasteiger partial charge on any atom is -0.508 e. The van der Waals surface area contributed by atoms with Gasteiger partial charge in [-0.1, -0.05) is 0 Å². The number of amides is 1. The van der Waals surface area contributed by atoms with Crippen LogP contribution in [0.15, 0.2) is 18.2 Å². The van der Waals surface area contributed by atoms with E-state index in [0.717, 1.165) is 0 Å². The van der Waals surface area contributed by atoms with Crippen molar-refractivity contribution in [2.75, 3.05) is 11.9 Å². The van der Waals surface area contributed by atoms with E-state index in [0.29, 0.717) is 0 Å². The van der Waals surface area contributed by atoms with Crippen molar-refractivity contribution in [1.82, 2.24) is 0 Å². The maximum atomic E-state index is 12.0. The van der Waals surface area contributed by atoms with Crippen molar-refractivity contribution >= 4 is 11.6 Å². The maximum Gasteiger partial charge on any atom is 0.294 e. The predicted octanol–water partition coefficient (Wildman–Crippen LogP) is -2.13. The van der Waals surface area contributed by atoms with E-state index < -0.39 is 49.5 Å². The Bertz CT molecular complexity index is 622. The van der Waals surface area contributed by atoms with Crippen molar-refractivity contribution in [3.05, 3.63) is 18.2 Å². The van der Waals surface area contributed by atoms with Crippen molar-refractivity contribution < 1.29 is 44.5 Å². The lowest BCUT2D eigenvalue weighted by Crippen LogP contribution is -2.60. The molecule has 2 aliphatic rings. The Balaban J connectivity index is 1.73. The van der Waals surface area contributed by atoms with Crippen LogP contribution in [0.2, 0.25) is 0 Å². The number of carbonyl (C=O) groups is 1. The highest BCUT2D eigenvalue weighted by Gasteiger charge is 2.46. The molecule has 10 nitrogen and oxygen atoms in total. The van der Waals surface area contributed by atoms with Crippen LogP contribution in [0.5, 0.6) is 11.5 Å². The second-order valence-electron chi connectivity index (χ2n) is 5.45. The Hall–Kier alpha value is -1.95. The van der Waals surface area contributed by atoms with Crippen molar-refractivity contribution in [3.63, 3.8) is 0 Å². The zero-order valence-corrected chi connectivity index (χ0v) is 12.3. The first-order valence-electron chi connectivity index (χ1n) is 7.17. The fraction of sp³-hybridized carbons (Fsp3) is 0.500. The summed E-state index contributed by atoms with van der Waals surface area (Å²) in [5, 5.41) is 50.3. The number of ether oxygens (including phenoxy) is 3. The first kappa shape index (κ1) is 16.9. The highest BCUT2D eigenvalue weighted by Crippen LogP contribution is 2.33. The van der Waals surface area contributed by atoms with E-state index in [1.165, 1.54) is 18.2 Å². The Kier molecular flexibility index (Phi) is 4.58. The van der Waals surface area contributed by atoms with Gasteiger partial charge in [0, 0.05) is 6.07 Å². The van der Waals surface area contributed by atoms with Crippen LogP contribution in [-0.4, -0.2) is 75.0 Å². The topological polar surface area (TPSA) is 158 Å². The van der Waals surface area contributed by atoms with Gasteiger partial charge in [0.2, 0.25) is 0 Å². The number of fused-ring (bicyclic) bond motifs is 1. The van der Waals surface area contributed by atoms with Gasteiger partial charge in [-0.25, -0.2) is 0 Å². The van der Waals surface area contributed by atoms with Crippen LogP contribution in [0.25, 0.3) is 0 Å². The van der Waals surface area contributed by atoms with E-state index in [2.05, 4.69) is 5.32 Å². The number of aliphatic hydroxyl groups excluding tert-OH is 4. The number of rotatable bonds is 3. The molecule has 6 atom stereocenters. The first-order valence-corrected chi connectivity index (χ1v) is 7.17. The molecule has 0 aliphatic carbocycles. The van der Waals surface area contributed by atoms with Gasteiger partial charge in [-0.05, 0) is 12.1 Å². The Morgan fingerprint density at radius 3 is 2.62 bits per heavy atom. The van der Waals surface area contributed by atoms with Crippen LogP contribution in [0.4, 0.5) is 5.69 Å². The largest absolute Gasteiger partial charge is 0.508 e. The van der Waals surface area contributed by atoms with Crippen LogP contribution in [0, 0.1) is 0 Å². The summed E-state index contributed by atoms with van der Waals surface area (Å²) in [7, 11) is 0. The smallest absolute Gasteiger partial charge is 0.294 e. The standard InChI is InChI=1S/C14H17NO9/c16-4-8-9(18)10(19)11(20)13(23-8)24-14-12(21)15-6-3-5(17)1-2-7(6)22-14/h1-3,8-11,13-14,16-20H,4H2,(H,15,21)/t8-,9-,10+,11-,13+,14+/m1/s1. The summed E-state index contributed by atoms with van der Waals surface area (Å²) in [5.41, 5.74) is 0.244. The Morgan fingerprint density at radius 2 is 1.92 bits per heavy atom. The van der Waals surface area contributed by atoms with Crippen LogP contribution in [0.3, 0.4) is 0 Å². The lowest BCUT2D eigenvalue weighted by atomic mass is 9.99. The van der Waals surface area contributed by atoms with Gasteiger partial charge in [0.1, 0.15) is 35.9 Å². The number of hydrogen-bond acceptors (Lipinski definition) is 9. The highest BCUT2D eigenvalue weighted by atomic mass is 16.8. The second-order valence-corrected chi connectivity index (χ2v) is 5.45. The average molecular weight is 343 g/mol. The Morgan fingerprint density at radius 1 is 1.17 bits per heavy atom. The molecule has 0 saturated carbocycles. The van der Waals surface area contributed by atoms with Crippen LogP contribution < -0.4 is 10.1 Å². The summed E-state index contributed by atoms with van der Waals surface area (Å²) in [4.78, 5) is 12.0. The van der Waals surface area contributed by atoms with E-state index >= 15 is 0 Å². The third-order valence-electron chi connectivity index (χ3n) is 3.78. The molecule has 24 heavy (non-hydrogen) atoms. The minimum absolute atomic E-state index is 0.0639. The molecule has 0 radical (unpaired) electrons. The summed E-state index contributed by atoms with van der Waals surface area (Å²) in [6.45, 7) is -0.620. The number of aliphatic hydroxyl groups is 4. The van der Waals surface area contributed by atoms with Crippen LogP contribution in [-0.2, 0) is 14.3 Å². The van der Waals surface area contributed by atoms with Gasteiger partial charge in [-0.3, -0.25) is 4.79 Å². The number of hydrogen-bond donors (Lipinski definition) is 6. The van der Waals surface area contributed by atoms with E-state index in [9.17, 15) is 25.2 Å². The summed E-state index contributed by atoms with van der Waals surface area (Å²) in [6, 6.07) is 4.05.